The summed E-state index contributed by atoms with van der Waals surface area (Å²) in [5, 5.41) is 11.5. The van der Waals surface area contributed by atoms with Gasteiger partial charge in [0.25, 0.3) is 0 Å². The SMILES string of the molecule is O=C(/C=C(/c1ccccc1)C(F)(F)F)N[C@@H]1C=C[C@H](CO)C1. The van der Waals surface area contributed by atoms with Crippen LogP contribution in [0.2, 0.25) is 0 Å². The summed E-state index contributed by atoms with van der Waals surface area (Å²) in [6, 6.07) is 6.84. The third kappa shape index (κ3) is 4.21. The number of aliphatic hydroxyl groups excluding tert-OH is 1. The first-order chi connectivity index (χ1) is 10.4. The van der Waals surface area contributed by atoms with Crippen LogP contribution in [0.1, 0.15) is 12.0 Å². The summed E-state index contributed by atoms with van der Waals surface area (Å²) in [6.45, 7) is -0.0451. The highest BCUT2D eigenvalue weighted by Crippen LogP contribution is 2.33. The van der Waals surface area contributed by atoms with Crippen LogP contribution in [0.3, 0.4) is 0 Å². The standard InChI is InChI=1S/C16H16F3NO2/c17-16(18,19)14(12-4-2-1-3-5-12)9-15(22)20-13-7-6-11(8-13)10-21/h1-7,9,11,13,21H,8,10H2,(H,20,22)/b14-9-/t11-,13+/m0/s1. The number of aliphatic hydroxyl groups is 1. The van der Waals surface area contributed by atoms with Crippen LogP contribution in [0.25, 0.3) is 5.57 Å². The Hall–Kier alpha value is -2.08. The van der Waals surface area contributed by atoms with Crippen LogP contribution in [-0.4, -0.2) is 29.8 Å². The largest absolute Gasteiger partial charge is 0.417 e. The highest BCUT2D eigenvalue weighted by atomic mass is 19.4. The minimum atomic E-state index is -4.61. The van der Waals surface area contributed by atoms with Crippen molar-refractivity contribution >= 4 is 11.5 Å². The molecule has 0 saturated heterocycles. The van der Waals surface area contributed by atoms with Crippen LogP contribution >= 0.6 is 0 Å². The molecule has 118 valence electrons. The molecular formula is C16H16F3NO2. The summed E-state index contributed by atoms with van der Waals surface area (Å²) in [6.07, 6.45) is -0.116. The van der Waals surface area contributed by atoms with E-state index in [-0.39, 0.29) is 24.1 Å². The molecule has 1 aliphatic carbocycles. The van der Waals surface area contributed by atoms with E-state index in [1.54, 1.807) is 18.2 Å². The van der Waals surface area contributed by atoms with Gasteiger partial charge in [-0.2, -0.15) is 13.2 Å². The van der Waals surface area contributed by atoms with Gasteiger partial charge in [0.2, 0.25) is 5.91 Å². The summed E-state index contributed by atoms with van der Waals surface area (Å²) < 4.78 is 39.3. The van der Waals surface area contributed by atoms with E-state index in [4.69, 9.17) is 5.11 Å². The Morgan fingerprint density at radius 2 is 1.95 bits per heavy atom. The Morgan fingerprint density at radius 3 is 2.50 bits per heavy atom. The molecule has 0 unspecified atom stereocenters. The minimum Gasteiger partial charge on any atom is -0.396 e. The lowest BCUT2D eigenvalue weighted by molar-refractivity contribution is -0.117. The summed E-state index contributed by atoms with van der Waals surface area (Å²) in [7, 11) is 0. The van der Waals surface area contributed by atoms with Crippen LogP contribution < -0.4 is 5.32 Å². The molecule has 0 radical (unpaired) electrons. The second-order valence-electron chi connectivity index (χ2n) is 5.10. The number of amides is 1. The zero-order chi connectivity index (χ0) is 16.2. The number of carbonyl (C=O) groups is 1. The molecule has 0 heterocycles. The summed E-state index contributed by atoms with van der Waals surface area (Å²) in [5.41, 5.74) is -1.04. The van der Waals surface area contributed by atoms with E-state index in [9.17, 15) is 18.0 Å². The van der Waals surface area contributed by atoms with Gasteiger partial charge in [-0.1, -0.05) is 42.5 Å². The van der Waals surface area contributed by atoms with Crippen molar-refractivity contribution in [1.82, 2.24) is 5.32 Å². The normalized spacial score (nSPS) is 21.9. The molecule has 0 aliphatic heterocycles. The van der Waals surface area contributed by atoms with Gasteiger partial charge < -0.3 is 10.4 Å². The lowest BCUT2D eigenvalue weighted by atomic mass is 10.0. The molecule has 1 aromatic carbocycles. The number of halogens is 3. The number of rotatable bonds is 4. The third-order valence-electron chi connectivity index (χ3n) is 3.40. The van der Waals surface area contributed by atoms with Gasteiger partial charge in [0.1, 0.15) is 0 Å². The lowest BCUT2D eigenvalue weighted by Gasteiger charge is -2.14. The summed E-state index contributed by atoms with van der Waals surface area (Å²) in [4.78, 5) is 11.8. The molecule has 0 spiro atoms. The van der Waals surface area contributed by atoms with Crippen LogP contribution in [-0.2, 0) is 4.79 Å². The zero-order valence-electron chi connectivity index (χ0n) is 11.7. The molecule has 1 aliphatic rings. The van der Waals surface area contributed by atoms with Crippen LogP contribution in [0.15, 0.2) is 48.6 Å². The van der Waals surface area contributed by atoms with E-state index in [0.717, 1.165) is 0 Å². The summed E-state index contributed by atoms with van der Waals surface area (Å²) in [5.74, 6) is -0.866. The maximum Gasteiger partial charge on any atom is 0.417 e. The van der Waals surface area contributed by atoms with E-state index in [0.29, 0.717) is 12.5 Å². The van der Waals surface area contributed by atoms with Crippen molar-refractivity contribution in [2.24, 2.45) is 5.92 Å². The Balaban J connectivity index is 2.13. The zero-order valence-corrected chi connectivity index (χ0v) is 11.7. The molecule has 0 saturated carbocycles. The Bertz CT molecular complexity index is 579. The average Bonchev–Trinajstić information content (AvgIpc) is 2.92. The summed E-state index contributed by atoms with van der Waals surface area (Å²) >= 11 is 0. The van der Waals surface area contributed by atoms with Crippen LogP contribution in [0, 0.1) is 5.92 Å². The Labute approximate surface area is 126 Å². The molecule has 6 heteroatoms. The van der Waals surface area contributed by atoms with Gasteiger partial charge in [-0.15, -0.1) is 0 Å². The van der Waals surface area contributed by atoms with E-state index >= 15 is 0 Å². The van der Waals surface area contributed by atoms with Gasteiger partial charge in [0.05, 0.1) is 5.57 Å². The first-order valence-electron chi connectivity index (χ1n) is 6.84. The van der Waals surface area contributed by atoms with Crippen molar-refractivity contribution in [3.8, 4) is 0 Å². The van der Waals surface area contributed by atoms with Gasteiger partial charge in [-0.25, -0.2) is 0 Å². The molecule has 22 heavy (non-hydrogen) atoms. The first-order valence-corrected chi connectivity index (χ1v) is 6.84. The van der Waals surface area contributed by atoms with Gasteiger partial charge in [0.15, 0.2) is 0 Å². The second kappa shape index (κ2) is 6.79. The number of hydrogen-bond donors (Lipinski definition) is 2. The van der Waals surface area contributed by atoms with Gasteiger partial charge in [-0.3, -0.25) is 4.79 Å². The van der Waals surface area contributed by atoms with E-state index in [2.05, 4.69) is 5.32 Å². The highest BCUT2D eigenvalue weighted by molar-refractivity contribution is 5.96. The molecule has 1 amide bonds. The molecule has 3 nitrogen and oxygen atoms in total. The smallest absolute Gasteiger partial charge is 0.396 e. The predicted octanol–water partition coefficient (Wildman–Crippen LogP) is 2.69. The highest BCUT2D eigenvalue weighted by Gasteiger charge is 2.35. The predicted molar refractivity (Wildman–Crippen MR) is 76.7 cm³/mol. The number of carbonyl (C=O) groups excluding carboxylic acids is 1. The molecule has 2 rings (SSSR count). The first kappa shape index (κ1) is 16.3. The number of alkyl halides is 3. The lowest BCUT2D eigenvalue weighted by Crippen LogP contribution is -2.32. The molecule has 1 aromatic rings. The van der Waals surface area contributed by atoms with E-state index < -0.39 is 17.7 Å². The quantitative estimate of drug-likeness (QED) is 0.663. The van der Waals surface area contributed by atoms with Gasteiger partial charge >= 0.3 is 6.18 Å². The fraction of sp³-hybridized carbons (Fsp3) is 0.312. The van der Waals surface area contributed by atoms with Crippen LogP contribution in [0.5, 0.6) is 0 Å². The van der Waals surface area contributed by atoms with Crippen molar-refractivity contribution in [3.05, 3.63) is 54.1 Å². The van der Waals surface area contributed by atoms with Crippen molar-refractivity contribution in [3.63, 3.8) is 0 Å². The maximum absolute atomic E-state index is 13.1. The minimum absolute atomic E-state index is 0.0451. The van der Waals surface area contributed by atoms with Crippen molar-refractivity contribution in [2.75, 3.05) is 6.61 Å². The van der Waals surface area contributed by atoms with Crippen LogP contribution in [0.4, 0.5) is 13.2 Å². The molecule has 2 N–H and O–H groups in total. The van der Waals surface area contributed by atoms with E-state index in [1.807, 2.05) is 0 Å². The molecule has 0 fully saturated rings. The molecular weight excluding hydrogens is 295 g/mol. The van der Waals surface area contributed by atoms with Crippen molar-refractivity contribution < 1.29 is 23.1 Å². The van der Waals surface area contributed by atoms with E-state index in [1.165, 1.54) is 24.3 Å². The fourth-order valence-corrected chi connectivity index (χ4v) is 2.32. The average molecular weight is 311 g/mol. The topological polar surface area (TPSA) is 49.3 Å². The molecule has 0 aromatic heterocycles. The number of benzene rings is 1. The van der Waals surface area contributed by atoms with Gasteiger partial charge in [-0.05, 0) is 12.0 Å². The Kier molecular flexibility index (Phi) is 5.03. The van der Waals surface area contributed by atoms with Gasteiger partial charge in [0, 0.05) is 24.6 Å². The third-order valence-corrected chi connectivity index (χ3v) is 3.40. The van der Waals surface area contributed by atoms with Crippen molar-refractivity contribution in [1.29, 1.82) is 0 Å². The fourth-order valence-electron chi connectivity index (χ4n) is 2.32. The molecule has 2 atom stereocenters. The second-order valence-corrected chi connectivity index (χ2v) is 5.10. The van der Waals surface area contributed by atoms with Crippen molar-refractivity contribution in [2.45, 2.75) is 18.6 Å². The number of hydrogen-bond acceptors (Lipinski definition) is 2. The number of nitrogens with one attached hydrogen (secondary N) is 1. The Morgan fingerprint density at radius 1 is 1.27 bits per heavy atom. The maximum atomic E-state index is 13.1. The molecule has 0 bridgehead atoms. The monoisotopic (exact) mass is 311 g/mol. The number of allylic oxidation sites excluding steroid dienone is 1.